The van der Waals surface area contributed by atoms with E-state index in [9.17, 15) is 0 Å². The molecule has 1 heterocycles. The number of aromatic nitrogens is 2. The van der Waals surface area contributed by atoms with Gasteiger partial charge in [-0.15, -0.1) is 0 Å². The smallest absolute Gasteiger partial charge is 0.222 e. The fourth-order valence-electron chi connectivity index (χ4n) is 1.73. The van der Waals surface area contributed by atoms with Crippen LogP contribution in [0.4, 0.5) is 5.69 Å². The summed E-state index contributed by atoms with van der Waals surface area (Å²) in [6.07, 6.45) is 3.52. The van der Waals surface area contributed by atoms with E-state index in [1.807, 2.05) is 31.2 Å². The number of nitrogens with zero attached hydrogens (tertiary/aromatic N) is 2. The number of hydrogen-bond donors (Lipinski definition) is 1. The van der Waals surface area contributed by atoms with Gasteiger partial charge in [0, 0.05) is 17.4 Å². The quantitative estimate of drug-likeness (QED) is 0.838. The Kier molecular flexibility index (Phi) is 3.77. The van der Waals surface area contributed by atoms with Gasteiger partial charge in [0.25, 0.3) is 0 Å². The summed E-state index contributed by atoms with van der Waals surface area (Å²) in [5.41, 5.74) is 8.42. The van der Waals surface area contributed by atoms with Crippen molar-refractivity contribution < 1.29 is 4.74 Å². The molecule has 0 atom stereocenters. The second kappa shape index (κ2) is 5.49. The molecular formula is C14H17N3O. The summed E-state index contributed by atoms with van der Waals surface area (Å²) in [5, 5.41) is 0. The van der Waals surface area contributed by atoms with Crippen molar-refractivity contribution in [1.29, 1.82) is 0 Å². The maximum Gasteiger partial charge on any atom is 0.222 e. The van der Waals surface area contributed by atoms with Crippen LogP contribution in [0.25, 0.3) is 0 Å². The molecule has 0 radical (unpaired) electrons. The molecule has 4 heteroatoms. The third-order valence-electron chi connectivity index (χ3n) is 2.62. The van der Waals surface area contributed by atoms with Crippen LogP contribution in [0.3, 0.4) is 0 Å². The molecule has 0 aliphatic heterocycles. The molecule has 1 aromatic heterocycles. The highest BCUT2D eigenvalue weighted by molar-refractivity contribution is 5.48. The fourth-order valence-corrected chi connectivity index (χ4v) is 1.73. The summed E-state index contributed by atoms with van der Waals surface area (Å²) in [7, 11) is 0. The van der Waals surface area contributed by atoms with E-state index in [0.717, 1.165) is 35.5 Å². The van der Waals surface area contributed by atoms with E-state index in [2.05, 4.69) is 16.9 Å². The average Bonchev–Trinajstić information content (AvgIpc) is 2.34. The van der Waals surface area contributed by atoms with Crippen molar-refractivity contribution in [1.82, 2.24) is 9.97 Å². The zero-order valence-corrected chi connectivity index (χ0v) is 10.7. The van der Waals surface area contributed by atoms with E-state index in [0.29, 0.717) is 5.88 Å². The Morgan fingerprint density at radius 2 is 2.06 bits per heavy atom. The molecule has 0 amide bonds. The van der Waals surface area contributed by atoms with E-state index < -0.39 is 0 Å². The Balaban J connectivity index is 2.20. The lowest BCUT2D eigenvalue weighted by atomic mass is 10.2. The highest BCUT2D eigenvalue weighted by atomic mass is 16.5. The average molecular weight is 243 g/mol. The number of benzene rings is 1. The van der Waals surface area contributed by atoms with Crippen molar-refractivity contribution in [3.05, 3.63) is 41.9 Å². The molecule has 1 aromatic carbocycles. The summed E-state index contributed by atoms with van der Waals surface area (Å²) in [4.78, 5) is 8.31. The van der Waals surface area contributed by atoms with Crippen molar-refractivity contribution in [2.75, 3.05) is 5.73 Å². The molecule has 2 aromatic rings. The number of hydrogen-bond acceptors (Lipinski definition) is 4. The third-order valence-corrected chi connectivity index (χ3v) is 2.62. The van der Waals surface area contributed by atoms with Crippen LogP contribution in [-0.4, -0.2) is 9.97 Å². The first-order valence-electron chi connectivity index (χ1n) is 6.04. The first kappa shape index (κ1) is 12.4. The third kappa shape index (κ3) is 2.97. The highest BCUT2D eigenvalue weighted by Gasteiger charge is 2.04. The van der Waals surface area contributed by atoms with Crippen molar-refractivity contribution in [2.45, 2.75) is 26.7 Å². The van der Waals surface area contributed by atoms with Crippen LogP contribution in [0.2, 0.25) is 0 Å². The molecule has 0 fully saturated rings. The van der Waals surface area contributed by atoms with Crippen LogP contribution in [0.5, 0.6) is 11.6 Å². The van der Waals surface area contributed by atoms with Gasteiger partial charge in [-0.05, 0) is 37.1 Å². The molecule has 0 aliphatic carbocycles. The first-order valence-corrected chi connectivity index (χ1v) is 6.04. The molecule has 0 aliphatic rings. The largest absolute Gasteiger partial charge is 0.439 e. The second-order valence-corrected chi connectivity index (χ2v) is 4.22. The normalized spacial score (nSPS) is 10.3. The Bertz CT molecular complexity index is 540. The lowest BCUT2D eigenvalue weighted by molar-refractivity contribution is 0.457. The molecule has 0 saturated heterocycles. The first-order chi connectivity index (χ1) is 8.69. The Morgan fingerprint density at radius 3 is 2.78 bits per heavy atom. The summed E-state index contributed by atoms with van der Waals surface area (Å²) in [6.45, 7) is 4.08. The maximum atomic E-state index is 5.74. The lowest BCUT2D eigenvalue weighted by Crippen LogP contribution is -1.95. The number of ether oxygens (including phenoxy) is 1. The van der Waals surface area contributed by atoms with Gasteiger partial charge < -0.3 is 10.5 Å². The van der Waals surface area contributed by atoms with E-state index >= 15 is 0 Å². The summed E-state index contributed by atoms with van der Waals surface area (Å²) in [6, 6.07) is 7.42. The standard InChI is InChI=1S/C14H17N3O/c1-3-4-12-8-14(17-9-16-12)18-13-6-5-11(15)7-10(13)2/h5-9H,3-4,15H2,1-2H3. The summed E-state index contributed by atoms with van der Waals surface area (Å²) < 4.78 is 5.74. The van der Waals surface area contributed by atoms with Gasteiger partial charge in [0.1, 0.15) is 12.1 Å². The number of nitrogen functional groups attached to an aromatic ring is 1. The zero-order chi connectivity index (χ0) is 13.0. The minimum Gasteiger partial charge on any atom is -0.439 e. The van der Waals surface area contributed by atoms with Crippen molar-refractivity contribution in [3.63, 3.8) is 0 Å². The van der Waals surface area contributed by atoms with Crippen molar-refractivity contribution in [2.24, 2.45) is 0 Å². The minimum atomic E-state index is 0.571. The fraction of sp³-hybridized carbons (Fsp3) is 0.286. The minimum absolute atomic E-state index is 0.571. The van der Waals surface area contributed by atoms with E-state index in [4.69, 9.17) is 10.5 Å². The van der Waals surface area contributed by atoms with Gasteiger partial charge in [-0.25, -0.2) is 9.97 Å². The predicted octanol–water partition coefficient (Wildman–Crippen LogP) is 3.11. The van der Waals surface area contributed by atoms with Crippen LogP contribution in [-0.2, 0) is 6.42 Å². The van der Waals surface area contributed by atoms with Crippen LogP contribution in [0.15, 0.2) is 30.6 Å². The summed E-state index contributed by atoms with van der Waals surface area (Å²) >= 11 is 0. The van der Waals surface area contributed by atoms with Gasteiger partial charge in [0.2, 0.25) is 5.88 Å². The molecule has 4 nitrogen and oxygen atoms in total. The molecule has 0 spiro atoms. The molecule has 0 bridgehead atoms. The second-order valence-electron chi connectivity index (χ2n) is 4.22. The Labute approximate surface area is 107 Å². The van der Waals surface area contributed by atoms with Gasteiger partial charge in [0.05, 0.1) is 0 Å². The van der Waals surface area contributed by atoms with Gasteiger partial charge in [-0.2, -0.15) is 0 Å². The maximum absolute atomic E-state index is 5.74. The Morgan fingerprint density at radius 1 is 1.22 bits per heavy atom. The molecule has 0 unspecified atom stereocenters. The molecule has 94 valence electrons. The topological polar surface area (TPSA) is 61.0 Å². The van der Waals surface area contributed by atoms with Crippen molar-refractivity contribution >= 4 is 5.69 Å². The monoisotopic (exact) mass is 243 g/mol. The van der Waals surface area contributed by atoms with E-state index in [1.165, 1.54) is 6.33 Å². The van der Waals surface area contributed by atoms with Gasteiger partial charge in [0.15, 0.2) is 0 Å². The van der Waals surface area contributed by atoms with Gasteiger partial charge >= 0.3 is 0 Å². The molecule has 2 N–H and O–H groups in total. The zero-order valence-electron chi connectivity index (χ0n) is 10.7. The lowest BCUT2D eigenvalue weighted by Gasteiger charge is -2.08. The number of anilines is 1. The predicted molar refractivity (Wildman–Crippen MR) is 71.7 cm³/mol. The highest BCUT2D eigenvalue weighted by Crippen LogP contribution is 2.25. The number of rotatable bonds is 4. The van der Waals surface area contributed by atoms with Crippen molar-refractivity contribution in [3.8, 4) is 11.6 Å². The van der Waals surface area contributed by atoms with Gasteiger partial charge in [-0.1, -0.05) is 13.3 Å². The van der Waals surface area contributed by atoms with Crippen LogP contribution < -0.4 is 10.5 Å². The van der Waals surface area contributed by atoms with E-state index in [1.54, 1.807) is 0 Å². The summed E-state index contributed by atoms with van der Waals surface area (Å²) in [5.74, 6) is 1.34. The molecule has 0 saturated carbocycles. The molecular weight excluding hydrogens is 226 g/mol. The van der Waals surface area contributed by atoms with Gasteiger partial charge in [-0.3, -0.25) is 0 Å². The Hall–Kier alpha value is -2.10. The molecule has 18 heavy (non-hydrogen) atoms. The molecule has 2 rings (SSSR count). The van der Waals surface area contributed by atoms with Crippen LogP contribution >= 0.6 is 0 Å². The number of aryl methyl sites for hydroxylation is 2. The van der Waals surface area contributed by atoms with Crippen LogP contribution in [0.1, 0.15) is 24.6 Å². The van der Waals surface area contributed by atoms with E-state index in [-0.39, 0.29) is 0 Å². The SMILES string of the molecule is CCCc1cc(Oc2ccc(N)cc2C)ncn1. The number of nitrogens with two attached hydrogens (primary N) is 1. The van der Waals surface area contributed by atoms with Crippen LogP contribution in [0, 0.1) is 6.92 Å².